The van der Waals surface area contributed by atoms with E-state index in [4.69, 9.17) is 34.8 Å². The number of nitrogens with zero attached hydrogens (tertiary/aromatic N) is 1. The van der Waals surface area contributed by atoms with E-state index in [1.165, 1.54) is 0 Å². The number of hydrogen-bond acceptors (Lipinski definition) is 2. The van der Waals surface area contributed by atoms with Crippen LogP contribution < -0.4 is 5.56 Å². The zero-order valence-corrected chi connectivity index (χ0v) is 11.5. The van der Waals surface area contributed by atoms with Crippen LogP contribution >= 0.6 is 57.4 Å². The third kappa shape index (κ3) is 2.74. The average molecular weight is 367 g/mol. The predicted molar refractivity (Wildman–Crippen MR) is 66.2 cm³/mol. The standard InChI is InChI=1S/C7H6Cl3IN2O/c1-2-3-4(11)5(14)13-6(12-3)7(8,9)10/h2H2,1H3,(H,12,13,14). The molecule has 0 unspecified atom stereocenters. The van der Waals surface area contributed by atoms with Gasteiger partial charge in [-0.25, -0.2) is 4.98 Å². The fourth-order valence-electron chi connectivity index (χ4n) is 0.874. The second-order valence-electron chi connectivity index (χ2n) is 2.53. The van der Waals surface area contributed by atoms with Gasteiger partial charge >= 0.3 is 0 Å². The molecule has 0 bridgehead atoms. The third-order valence-electron chi connectivity index (χ3n) is 1.53. The molecule has 0 saturated heterocycles. The molecule has 0 aliphatic heterocycles. The van der Waals surface area contributed by atoms with Crippen LogP contribution in [0.5, 0.6) is 0 Å². The number of hydrogen-bond donors (Lipinski definition) is 1. The Morgan fingerprint density at radius 2 is 2.07 bits per heavy atom. The fraction of sp³-hybridized carbons (Fsp3) is 0.429. The average Bonchev–Trinajstić information content (AvgIpc) is 2.07. The fourth-order valence-corrected chi connectivity index (χ4v) is 1.78. The normalized spacial score (nSPS) is 11.8. The van der Waals surface area contributed by atoms with E-state index in [0.29, 0.717) is 15.7 Å². The number of H-pyrrole nitrogens is 1. The molecule has 0 aliphatic rings. The molecule has 0 aliphatic carbocycles. The second kappa shape index (κ2) is 4.55. The van der Waals surface area contributed by atoms with Crippen molar-refractivity contribution in [2.24, 2.45) is 0 Å². The maximum Gasteiger partial charge on any atom is 0.264 e. The Bertz CT molecular complexity index is 399. The monoisotopic (exact) mass is 366 g/mol. The summed E-state index contributed by atoms with van der Waals surface area (Å²) in [6.07, 6.45) is 0.621. The minimum Gasteiger partial charge on any atom is -0.306 e. The first-order chi connectivity index (χ1) is 6.36. The van der Waals surface area contributed by atoms with Crippen molar-refractivity contribution in [2.45, 2.75) is 17.1 Å². The third-order valence-corrected chi connectivity index (χ3v) is 3.18. The van der Waals surface area contributed by atoms with Crippen molar-refractivity contribution >= 4 is 57.4 Å². The van der Waals surface area contributed by atoms with Crippen molar-refractivity contribution in [3.63, 3.8) is 0 Å². The second-order valence-corrected chi connectivity index (χ2v) is 5.89. The summed E-state index contributed by atoms with van der Waals surface area (Å²) < 4.78 is -1.16. The van der Waals surface area contributed by atoms with E-state index in [-0.39, 0.29) is 11.4 Å². The molecule has 0 spiro atoms. The van der Waals surface area contributed by atoms with E-state index in [9.17, 15) is 4.79 Å². The molecule has 0 aromatic carbocycles. The van der Waals surface area contributed by atoms with Crippen molar-refractivity contribution in [1.82, 2.24) is 9.97 Å². The smallest absolute Gasteiger partial charge is 0.264 e. The Balaban J connectivity index is 3.38. The number of halogens is 4. The molecule has 3 nitrogen and oxygen atoms in total. The molecule has 1 aromatic rings. The summed E-state index contributed by atoms with van der Waals surface area (Å²) in [7, 11) is 0. The SMILES string of the molecule is CCc1nc(C(Cl)(Cl)Cl)[nH]c(=O)c1I. The van der Waals surface area contributed by atoms with Crippen molar-refractivity contribution in [3.05, 3.63) is 25.4 Å². The molecular formula is C7H6Cl3IN2O. The molecule has 0 saturated carbocycles. The van der Waals surface area contributed by atoms with E-state index in [0.717, 1.165) is 0 Å². The van der Waals surface area contributed by atoms with Gasteiger partial charge in [0.1, 0.15) is 0 Å². The van der Waals surface area contributed by atoms with Gasteiger partial charge in [0, 0.05) is 0 Å². The Morgan fingerprint density at radius 1 is 1.50 bits per heavy atom. The predicted octanol–water partition coefficient (Wildman–Crippen LogP) is 2.76. The van der Waals surface area contributed by atoms with Crippen LogP contribution in [0.2, 0.25) is 0 Å². The van der Waals surface area contributed by atoms with Crippen LogP contribution in [-0.2, 0) is 10.2 Å². The summed E-state index contributed by atoms with van der Waals surface area (Å²) in [6, 6.07) is 0. The maximum absolute atomic E-state index is 11.4. The van der Waals surface area contributed by atoms with Gasteiger partial charge in [-0.3, -0.25) is 4.79 Å². The minimum atomic E-state index is -1.69. The lowest BCUT2D eigenvalue weighted by Crippen LogP contribution is -2.21. The van der Waals surface area contributed by atoms with Gasteiger partial charge in [-0.05, 0) is 29.0 Å². The topological polar surface area (TPSA) is 45.8 Å². The number of rotatable bonds is 1. The van der Waals surface area contributed by atoms with E-state index in [2.05, 4.69) is 9.97 Å². The lowest BCUT2D eigenvalue weighted by atomic mass is 10.3. The minimum absolute atomic E-state index is 0.0600. The van der Waals surface area contributed by atoms with Crippen LogP contribution in [-0.4, -0.2) is 9.97 Å². The molecule has 1 N–H and O–H groups in total. The number of aromatic nitrogens is 2. The van der Waals surface area contributed by atoms with E-state index in [1.54, 1.807) is 0 Å². The number of nitrogens with one attached hydrogen (secondary N) is 1. The molecule has 1 heterocycles. The highest BCUT2D eigenvalue weighted by molar-refractivity contribution is 14.1. The van der Waals surface area contributed by atoms with Crippen molar-refractivity contribution in [1.29, 1.82) is 0 Å². The highest BCUT2D eigenvalue weighted by Gasteiger charge is 2.27. The van der Waals surface area contributed by atoms with Gasteiger partial charge < -0.3 is 4.98 Å². The van der Waals surface area contributed by atoms with Gasteiger partial charge in [-0.1, -0.05) is 41.7 Å². The van der Waals surface area contributed by atoms with Gasteiger partial charge in [0.25, 0.3) is 5.56 Å². The molecule has 7 heteroatoms. The number of aryl methyl sites for hydroxylation is 1. The Labute approximate surface area is 109 Å². The van der Waals surface area contributed by atoms with Crippen LogP contribution in [0, 0.1) is 3.57 Å². The Morgan fingerprint density at radius 3 is 2.50 bits per heavy atom. The lowest BCUT2D eigenvalue weighted by molar-refractivity contribution is 0.873. The highest BCUT2D eigenvalue weighted by atomic mass is 127. The summed E-state index contributed by atoms with van der Waals surface area (Å²) in [5, 5.41) is 0. The van der Waals surface area contributed by atoms with Crippen LogP contribution in [0.15, 0.2) is 4.79 Å². The van der Waals surface area contributed by atoms with Crippen LogP contribution in [0.4, 0.5) is 0 Å². The quantitative estimate of drug-likeness (QED) is 0.613. The highest BCUT2D eigenvalue weighted by Crippen LogP contribution is 2.35. The van der Waals surface area contributed by atoms with E-state index < -0.39 is 3.79 Å². The Hall–Kier alpha value is 0.480. The van der Waals surface area contributed by atoms with E-state index in [1.807, 2.05) is 29.5 Å². The van der Waals surface area contributed by atoms with Gasteiger partial charge in [0.2, 0.25) is 3.79 Å². The summed E-state index contributed by atoms with van der Waals surface area (Å²) in [6.45, 7) is 1.88. The number of aromatic amines is 1. The van der Waals surface area contributed by atoms with Gasteiger partial charge in [-0.2, -0.15) is 0 Å². The molecule has 0 amide bonds. The summed E-state index contributed by atoms with van der Waals surface area (Å²) in [5.74, 6) is 0.0600. The van der Waals surface area contributed by atoms with Crippen LogP contribution in [0.25, 0.3) is 0 Å². The molecule has 14 heavy (non-hydrogen) atoms. The Kier molecular flexibility index (Phi) is 4.08. The molecular weight excluding hydrogens is 361 g/mol. The van der Waals surface area contributed by atoms with Gasteiger partial charge in [0.15, 0.2) is 5.82 Å². The van der Waals surface area contributed by atoms with Crippen LogP contribution in [0.3, 0.4) is 0 Å². The largest absolute Gasteiger partial charge is 0.306 e. The zero-order valence-electron chi connectivity index (χ0n) is 7.07. The van der Waals surface area contributed by atoms with Crippen molar-refractivity contribution < 1.29 is 0 Å². The molecule has 1 rings (SSSR count). The van der Waals surface area contributed by atoms with Gasteiger partial charge in [-0.15, -0.1) is 0 Å². The van der Waals surface area contributed by atoms with E-state index >= 15 is 0 Å². The first-order valence-corrected chi connectivity index (χ1v) is 5.93. The zero-order chi connectivity index (χ0) is 10.9. The molecule has 0 radical (unpaired) electrons. The lowest BCUT2D eigenvalue weighted by Gasteiger charge is -2.11. The maximum atomic E-state index is 11.4. The van der Waals surface area contributed by atoms with Crippen molar-refractivity contribution in [3.8, 4) is 0 Å². The molecule has 1 aromatic heterocycles. The first-order valence-electron chi connectivity index (χ1n) is 3.72. The summed E-state index contributed by atoms with van der Waals surface area (Å²) in [4.78, 5) is 17.9. The first kappa shape index (κ1) is 12.5. The number of alkyl halides is 3. The van der Waals surface area contributed by atoms with Crippen molar-refractivity contribution in [2.75, 3.05) is 0 Å². The summed E-state index contributed by atoms with van der Waals surface area (Å²) >= 11 is 18.7. The van der Waals surface area contributed by atoms with Crippen LogP contribution in [0.1, 0.15) is 18.4 Å². The molecule has 78 valence electrons. The van der Waals surface area contributed by atoms with Gasteiger partial charge in [0.05, 0.1) is 9.26 Å². The molecule has 0 atom stereocenters. The summed E-state index contributed by atoms with van der Waals surface area (Å²) in [5.41, 5.74) is 0.356. The molecule has 0 fully saturated rings.